The highest BCUT2D eigenvalue weighted by Gasteiger charge is 2.12. The maximum atomic E-state index is 11.8. The molecule has 21 heavy (non-hydrogen) atoms. The third kappa shape index (κ3) is 5.00. The van der Waals surface area contributed by atoms with Crippen LogP contribution in [0.1, 0.15) is 24.8 Å². The lowest BCUT2D eigenvalue weighted by atomic mass is 10.1. The molecule has 1 aromatic carbocycles. The quantitative estimate of drug-likeness (QED) is 0.503. The molecule has 2 N–H and O–H groups in total. The summed E-state index contributed by atoms with van der Waals surface area (Å²) in [6.07, 6.45) is 6.13. The molecule has 1 unspecified atom stereocenters. The zero-order valence-corrected chi connectivity index (χ0v) is 11.7. The predicted octanol–water partition coefficient (Wildman–Crippen LogP) is 1.87. The van der Waals surface area contributed by atoms with Gasteiger partial charge in [-0.15, -0.1) is 0 Å². The van der Waals surface area contributed by atoms with Crippen molar-refractivity contribution in [3.63, 3.8) is 0 Å². The van der Waals surface area contributed by atoms with Gasteiger partial charge in [0.1, 0.15) is 0 Å². The van der Waals surface area contributed by atoms with Gasteiger partial charge in [0.15, 0.2) is 0 Å². The fourth-order valence-electron chi connectivity index (χ4n) is 2.29. The fourth-order valence-corrected chi connectivity index (χ4v) is 2.29. The van der Waals surface area contributed by atoms with Gasteiger partial charge >= 0.3 is 0 Å². The van der Waals surface area contributed by atoms with E-state index in [4.69, 9.17) is 0 Å². The highest BCUT2D eigenvalue weighted by Crippen LogP contribution is 2.12. The molecular weight excluding hydrogens is 270 g/mol. The van der Waals surface area contributed by atoms with Crippen molar-refractivity contribution in [2.45, 2.75) is 25.3 Å². The van der Waals surface area contributed by atoms with Crippen molar-refractivity contribution in [2.75, 3.05) is 13.1 Å². The molecule has 1 aliphatic rings. The maximum absolute atomic E-state index is 11.8. The number of hydrogen-bond acceptors (Lipinski definition) is 4. The highest BCUT2D eigenvalue weighted by molar-refractivity contribution is 5.91. The number of nitrogens with zero attached hydrogens (tertiary/aromatic N) is 1. The zero-order chi connectivity index (χ0) is 15.1. The van der Waals surface area contributed by atoms with E-state index in [1.807, 2.05) is 0 Å². The molecule has 1 fully saturated rings. The Morgan fingerprint density at radius 1 is 1.29 bits per heavy atom. The van der Waals surface area contributed by atoms with Crippen LogP contribution in [0.15, 0.2) is 30.3 Å². The van der Waals surface area contributed by atoms with Gasteiger partial charge in [0.2, 0.25) is 5.91 Å². The number of nitrogens with one attached hydrogen (secondary N) is 2. The van der Waals surface area contributed by atoms with Crippen LogP contribution in [0.25, 0.3) is 6.08 Å². The summed E-state index contributed by atoms with van der Waals surface area (Å²) < 4.78 is 0. The normalized spacial score (nSPS) is 19.1. The SMILES string of the molecule is O=C(/C=C/c1ccc([N+](=O)[O-])cc1)NC1CCCNCC1. The predicted molar refractivity (Wildman–Crippen MR) is 80.8 cm³/mol. The van der Waals surface area contributed by atoms with Gasteiger partial charge in [0.25, 0.3) is 5.69 Å². The Morgan fingerprint density at radius 2 is 2.05 bits per heavy atom. The van der Waals surface area contributed by atoms with E-state index in [-0.39, 0.29) is 17.6 Å². The van der Waals surface area contributed by atoms with Crippen LogP contribution in [0.5, 0.6) is 0 Å². The summed E-state index contributed by atoms with van der Waals surface area (Å²) in [5, 5.41) is 16.8. The van der Waals surface area contributed by atoms with Crippen molar-refractivity contribution >= 4 is 17.7 Å². The van der Waals surface area contributed by atoms with Gasteiger partial charge in [-0.25, -0.2) is 0 Å². The summed E-state index contributed by atoms with van der Waals surface area (Å²) in [7, 11) is 0. The van der Waals surface area contributed by atoms with E-state index in [9.17, 15) is 14.9 Å². The monoisotopic (exact) mass is 289 g/mol. The molecule has 2 rings (SSSR count). The van der Waals surface area contributed by atoms with Crippen LogP contribution < -0.4 is 10.6 Å². The highest BCUT2D eigenvalue weighted by atomic mass is 16.6. The van der Waals surface area contributed by atoms with Crippen LogP contribution in [0, 0.1) is 10.1 Å². The first-order chi connectivity index (χ1) is 10.1. The number of hydrogen-bond donors (Lipinski definition) is 2. The number of nitro benzene ring substituents is 1. The second kappa shape index (κ2) is 7.54. The number of benzene rings is 1. The largest absolute Gasteiger partial charge is 0.350 e. The van der Waals surface area contributed by atoms with E-state index in [2.05, 4.69) is 10.6 Å². The average molecular weight is 289 g/mol. The first-order valence-electron chi connectivity index (χ1n) is 7.09. The lowest BCUT2D eigenvalue weighted by Crippen LogP contribution is -2.34. The van der Waals surface area contributed by atoms with Crippen LogP contribution >= 0.6 is 0 Å². The van der Waals surface area contributed by atoms with E-state index in [1.165, 1.54) is 18.2 Å². The minimum atomic E-state index is -0.444. The van der Waals surface area contributed by atoms with Crippen molar-refractivity contribution in [2.24, 2.45) is 0 Å². The number of non-ortho nitro benzene ring substituents is 1. The second-order valence-corrected chi connectivity index (χ2v) is 5.07. The van der Waals surface area contributed by atoms with Crippen molar-refractivity contribution in [3.8, 4) is 0 Å². The Kier molecular flexibility index (Phi) is 5.45. The number of carbonyl (C=O) groups is 1. The molecule has 6 heteroatoms. The topological polar surface area (TPSA) is 84.3 Å². The second-order valence-electron chi connectivity index (χ2n) is 5.07. The molecule has 1 atom stereocenters. The summed E-state index contributed by atoms with van der Waals surface area (Å²) in [6.45, 7) is 1.93. The molecule has 0 radical (unpaired) electrons. The van der Waals surface area contributed by atoms with Crippen molar-refractivity contribution in [1.82, 2.24) is 10.6 Å². The van der Waals surface area contributed by atoms with Crippen LogP contribution in [-0.4, -0.2) is 30.0 Å². The molecule has 0 spiro atoms. The fraction of sp³-hybridized carbons (Fsp3) is 0.400. The van der Waals surface area contributed by atoms with E-state index in [0.29, 0.717) is 0 Å². The van der Waals surface area contributed by atoms with E-state index in [1.54, 1.807) is 18.2 Å². The number of carbonyl (C=O) groups excluding carboxylic acids is 1. The molecule has 112 valence electrons. The summed E-state index contributed by atoms with van der Waals surface area (Å²) in [4.78, 5) is 21.9. The van der Waals surface area contributed by atoms with E-state index < -0.39 is 4.92 Å². The van der Waals surface area contributed by atoms with Gasteiger partial charge in [-0.3, -0.25) is 14.9 Å². The molecule has 1 amide bonds. The standard InChI is InChI=1S/C15H19N3O3/c19-15(17-13-2-1-10-16-11-9-13)8-5-12-3-6-14(7-4-12)18(20)21/h3-8,13,16H,1-2,9-11H2,(H,17,19)/b8-5+. The average Bonchev–Trinajstić information content (AvgIpc) is 2.74. The first-order valence-corrected chi connectivity index (χ1v) is 7.09. The minimum Gasteiger partial charge on any atom is -0.350 e. The summed E-state index contributed by atoms with van der Waals surface area (Å²) in [6, 6.07) is 6.31. The summed E-state index contributed by atoms with van der Waals surface area (Å²) >= 11 is 0. The summed E-state index contributed by atoms with van der Waals surface area (Å²) in [5.41, 5.74) is 0.806. The number of amides is 1. The molecule has 0 bridgehead atoms. The van der Waals surface area contributed by atoms with Gasteiger partial charge in [0, 0.05) is 24.3 Å². The zero-order valence-electron chi connectivity index (χ0n) is 11.7. The third-order valence-electron chi connectivity index (χ3n) is 3.45. The molecule has 1 heterocycles. The van der Waals surface area contributed by atoms with Crippen LogP contribution in [-0.2, 0) is 4.79 Å². The van der Waals surface area contributed by atoms with Crippen molar-refractivity contribution in [1.29, 1.82) is 0 Å². The molecule has 0 aromatic heterocycles. The van der Waals surface area contributed by atoms with Gasteiger partial charge in [-0.05, 0) is 56.1 Å². The Balaban J connectivity index is 1.87. The Labute approximate surface area is 123 Å². The van der Waals surface area contributed by atoms with Crippen LogP contribution in [0.2, 0.25) is 0 Å². The summed E-state index contributed by atoms with van der Waals surface area (Å²) in [5.74, 6) is -0.125. The third-order valence-corrected chi connectivity index (χ3v) is 3.45. The van der Waals surface area contributed by atoms with E-state index in [0.717, 1.165) is 37.9 Å². The smallest absolute Gasteiger partial charge is 0.269 e. The molecule has 0 aliphatic carbocycles. The molecule has 1 saturated heterocycles. The molecule has 0 saturated carbocycles. The lowest BCUT2D eigenvalue weighted by Gasteiger charge is -2.14. The Morgan fingerprint density at radius 3 is 2.76 bits per heavy atom. The van der Waals surface area contributed by atoms with E-state index >= 15 is 0 Å². The van der Waals surface area contributed by atoms with Crippen LogP contribution in [0.4, 0.5) is 5.69 Å². The van der Waals surface area contributed by atoms with Gasteiger partial charge in [-0.1, -0.05) is 0 Å². The van der Waals surface area contributed by atoms with Gasteiger partial charge < -0.3 is 10.6 Å². The van der Waals surface area contributed by atoms with Crippen molar-refractivity contribution in [3.05, 3.63) is 46.0 Å². The molecule has 1 aliphatic heterocycles. The molecule has 6 nitrogen and oxygen atoms in total. The Bertz CT molecular complexity index is 517. The first kappa shape index (κ1) is 15.2. The minimum absolute atomic E-state index is 0.0440. The van der Waals surface area contributed by atoms with Crippen LogP contribution in [0.3, 0.4) is 0 Å². The van der Waals surface area contributed by atoms with Gasteiger partial charge in [-0.2, -0.15) is 0 Å². The molecule has 1 aromatic rings. The van der Waals surface area contributed by atoms with Gasteiger partial charge in [0.05, 0.1) is 4.92 Å². The Hall–Kier alpha value is -2.21. The maximum Gasteiger partial charge on any atom is 0.269 e. The number of nitro groups is 1. The number of rotatable bonds is 4. The van der Waals surface area contributed by atoms with Crippen molar-refractivity contribution < 1.29 is 9.72 Å². The lowest BCUT2D eigenvalue weighted by molar-refractivity contribution is -0.384. The molecular formula is C15H19N3O3.